The lowest BCUT2D eigenvalue weighted by atomic mass is 10.1. The molecule has 0 radical (unpaired) electrons. The second kappa shape index (κ2) is 6.43. The highest BCUT2D eigenvalue weighted by Crippen LogP contribution is 2.22. The molecule has 0 aliphatic carbocycles. The molecule has 1 N–H and O–H groups in total. The van der Waals surface area contributed by atoms with Crippen molar-refractivity contribution in [2.75, 3.05) is 11.4 Å². The monoisotopic (exact) mass is 249 g/mol. The average molecular weight is 249 g/mol. The zero-order valence-corrected chi connectivity index (χ0v) is 11.7. The normalized spacial score (nSPS) is 12.2. The van der Waals surface area contributed by atoms with E-state index in [9.17, 15) is 9.90 Å². The Hall–Kier alpha value is -1.51. The van der Waals surface area contributed by atoms with E-state index in [4.69, 9.17) is 0 Å². The molecule has 1 aromatic rings. The van der Waals surface area contributed by atoms with Crippen LogP contribution in [0, 0.1) is 13.8 Å². The maximum Gasteiger partial charge on any atom is 0.326 e. The first-order valence-corrected chi connectivity index (χ1v) is 6.57. The van der Waals surface area contributed by atoms with Crippen LogP contribution in [0.3, 0.4) is 0 Å². The summed E-state index contributed by atoms with van der Waals surface area (Å²) in [5.74, 6) is -0.745. The molecule has 1 rings (SSSR count). The highest BCUT2D eigenvalue weighted by Gasteiger charge is 2.23. The van der Waals surface area contributed by atoms with Crippen molar-refractivity contribution < 1.29 is 9.90 Å². The van der Waals surface area contributed by atoms with Crippen molar-refractivity contribution in [1.29, 1.82) is 0 Å². The van der Waals surface area contributed by atoms with Crippen molar-refractivity contribution in [3.05, 3.63) is 29.3 Å². The fourth-order valence-electron chi connectivity index (χ4n) is 2.35. The lowest BCUT2D eigenvalue weighted by Gasteiger charge is -2.30. The van der Waals surface area contributed by atoms with Crippen LogP contribution in [0.25, 0.3) is 0 Å². The second-order valence-electron chi connectivity index (χ2n) is 4.80. The van der Waals surface area contributed by atoms with E-state index in [1.165, 1.54) is 11.1 Å². The number of aryl methyl sites for hydroxylation is 2. The molecule has 3 heteroatoms. The largest absolute Gasteiger partial charge is 0.480 e. The van der Waals surface area contributed by atoms with Crippen LogP contribution < -0.4 is 4.90 Å². The third-order valence-electron chi connectivity index (χ3n) is 3.05. The lowest BCUT2D eigenvalue weighted by Crippen LogP contribution is -2.41. The number of hydrogen-bond donors (Lipinski definition) is 1. The Morgan fingerprint density at radius 1 is 1.22 bits per heavy atom. The van der Waals surface area contributed by atoms with E-state index in [0.29, 0.717) is 6.42 Å². The predicted molar refractivity (Wildman–Crippen MR) is 75.3 cm³/mol. The first-order valence-electron chi connectivity index (χ1n) is 6.57. The minimum absolute atomic E-state index is 0.439. The van der Waals surface area contributed by atoms with Crippen LogP contribution >= 0.6 is 0 Å². The third kappa shape index (κ3) is 3.49. The van der Waals surface area contributed by atoms with Gasteiger partial charge in [0.15, 0.2) is 0 Å². The molecule has 1 atom stereocenters. The van der Waals surface area contributed by atoms with Gasteiger partial charge in [-0.2, -0.15) is 0 Å². The first-order chi connectivity index (χ1) is 8.49. The highest BCUT2D eigenvalue weighted by atomic mass is 16.4. The van der Waals surface area contributed by atoms with Gasteiger partial charge in [-0.25, -0.2) is 4.79 Å². The van der Waals surface area contributed by atoms with Gasteiger partial charge in [-0.1, -0.05) is 19.9 Å². The van der Waals surface area contributed by atoms with E-state index in [-0.39, 0.29) is 0 Å². The fraction of sp³-hybridized carbons (Fsp3) is 0.533. The van der Waals surface area contributed by atoms with Gasteiger partial charge >= 0.3 is 5.97 Å². The van der Waals surface area contributed by atoms with Gasteiger partial charge < -0.3 is 10.0 Å². The van der Waals surface area contributed by atoms with Crippen molar-refractivity contribution in [2.24, 2.45) is 0 Å². The third-order valence-corrected chi connectivity index (χ3v) is 3.05. The molecule has 0 heterocycles. The summed E-state index contributed by atoms with van der Waals surface area (Å²) in [4.78, 5) is 13.4. The molecule has 100 valence electrons. The Labute approximate surface area is 109 Å². The van der Waals surface area contributed by atoms with E-state index >= 15 is 0 Å². The van der Waals surface area contributed by atoms with E-state index in [1.807, 2.05) is 25.7 Å². The first kappa shape index (κ1) is 14.6. The number of rotatable bonds is 6. The molecule has 1 unspecified atom stereocenters. The number of carboxylic acids is 1. The number of benzene rings is 1. The lowest BCUT2D eigenvalue weighted by molar-refractivity contribution is -0.138. The van der Waals surface area contributed by atoms with Crippen LogP contribution in [0.15, 0.2) is 18.2 Å². The Kier molecular flexibility index (Phi) is 5.20. The van der Waals surface area contributed by atoms with Gasteiger partial charge in [-0.15, -0.1) is 0 Å². The van der Waals surface area contributed by atoms with Gasteiger partial charge in [0.1, 0.15) is 6.04 Å². The number of nitrogens with zero attached hydrogens (tertiary/aromatic N) is 1. The maximum atomic E-state index is 11.3. The highest BCUT2D eigenvalue weighted by molar-refractivity contribution is 5.78. The Morgan fingerprint density at radius 2 is 1.78 bits per heavy atom. The molecular formula is C15H23NO2. The summed E-state index contributed by atoms with van der Waals surface area (Å²) in [6.45, 7) is 8.85. The zero-order valence-electron chi connectivity index (χ0n) is 11.7. The van der Waals surface area contributed by atoms with Crippen LogP contribution in [-0.4, -0.2) is 23.7 Å². The number of carbonyl (C=O) groups is 1. The number of hydrogen-bond acceptors (Lipinski definition) is 2. The number of aliphatic carboxylic acids is 1. The van der Waals surface area contributed by atoms with Gasteiger partial charge in [0.05, 0.1) is 0 Å². The molecule has 0 saturated carbocycles. The molecule has 3 nitrogen and oxygen atoms in total. The number of carboxylic acid groups (broad SMARTS) is 1. The van der Waals surface area contributed by atoms with E-state index < -0.39 is 12.0 Å². The summed E-state index contributed by atoms with van der Waals surface area (Å²) in [5, 5.41) is 9.33. The van der Waals surface area contributed by atoms with Gasteiger partial charge in [0, 0.05) is 12.2 Å². The average Bonchev–Trinajstić information content (AvgIpc) is 2.27. The van der Waals surface area contributed by atoms with Crippen LogP contribution in [0.5, 0.6) is 0 Å². The Bertz CT molecular complexity index is 395. The topological polar surface area (TPSA) is 40.5 Å². The van der Waals surface area contributed by atoms with Crippen LogP contribution in [0.1, 0.15) is 37.8 Å². The quantitative estimate of drug-likeness (QED) is 0.840. The molecule has 0 saturated heterocycles. The molecule has 0 aliphatic rings. The molecule has 18 heavy (non-hydrogen) atoms. The summed E-state index contributed by atoms with van der Waals surface area (Å²) in [7, 11) is 0. The van der Waals surface area contributed by atoms with Crippen LogP contribution in [0.4, 0.5) is 5.69 Å². The molecule has 0 aliphatic heterocycles. The van der Waals surface area contributed by atoms with Crippen LogP contribution in [0.2, 0.25) is 0 Å². The Morgan fingerprint density at radius 3 is 2.17 bits per heavy atom. The molecule has 0 bridgehead atoms. The predicted octanol–water partition coefficient (Wildman–Crippen LogP) is 3.38. The molecule has 0 fully saturated rings. The standard InChI is InChI=1S/C15H23NO2/c1-5-7-16(14(6-2)15(17)18)13-9-11(3)8-12(4)10-13/h8-10,14H,5-7H2,1-4H3,(H,17,18). The van der Waals surface area contributed by atoms with Crippen molar-refractivity contribution in [1.82, 2.24) is 0 Å². The maximum absolute atomic E-state index is 11.3. The minimum atomic E-state index is -0.745. The summed E-state index contributed by atoms with van der Waals surface area (Å²) in [6.07, 6.45) is 1.55. The van der Waals surface area contributed by atoms with Crippen molar-refractivity contribution in [3.63, 3.8) is 0 Å². The second-order valence-corrected chi connectivity index (χ2v) is 4.80. The van der Waals surface area contributed by atoms with Crippen molar-refractivity contribution >= 4 is 11.7 Å². The summed E-state index contributed by atoms with van der Waals surface area (Å²) in [5.41, 5.74) is 3.36. The summed E-state index contributed by atoms with van der Waals surface area (Å²) in [6, 6.07) is 5.80. The van der Waals surface area contributed by atoms with Crippen LogP contribution in [-0.2, 0) is 4.79 Å². The number of anilines is 1. The van der Waals surface area contributed by atoms with Crippen molar-refractivity contribution in [3.8, 4) is 0 Å². The molecule has 1 aromatic carbocycles. The van der Waals surface area contributed by atoms with E-state index in [2.05, 4.69) is 25.1 Å². The summed E-state index contributed by atoms with van der Waals surface area (Å²) < 4.78 is 0. The van der Waals surface area contributed by atoms with Gasteiger partial charge in [0.2, 0.25) is 0 Å². The smallest absolute Gasteiger partial charge is 0.326 e. The zero-order chi connectivity index (χ0) is 13.7. The minimum Gasteiger partial charge on any atom is -0.480 e. The van der Waals surface area contributed by atoms with Gasteiger partial charge in [-0.3, -0.25) is 0 Å². The molecular weight excluding hydrogens is 226 g/mol. The van der Waals surface area contributed by atoms with Crippen molar-refractivity contribution in [2.45, 2.75) is 46.6 Å². The Balaban J connectivity index is 3.13. The van der Waals surface area contributed by atoms with E-state index in [0.717, 1.165) is 18.7 Å². The molecule has 0 amide bonds. The summed E-state index contributed by atoms with van der Waals surface area (Å²) >= 11 is 0. The molecule has 0 aromatic heterocycles. The molecule has 0 spiro atoms. The fourth-order valence-corrected chi connectivity index (χ4v) is 2.35. The van der Waals surface area contributed by atoms with Gasteiger partial charge in [-0.05, 0) is 49.9 Å². The van der Waals surface area contributed by atoms with Gasteiger partial charge in [0.25, 0.3) is 0 Å². The SMILES string of the molecule is CCCN(c1cc(C)cc(C)c1)C(CC)C(=O)O. The van der Waals surface area contributed by atoms with E-state index in [1.54, 1.807) is 0 Å².